The van der Waals surface area contributed by atoms with Crippen LogP contribution in [0, 0.1) is 0 Å². The Labute approximate surface area is 109 Å². The molecule has 0 radical (unpaired) electrons. The van der Waals surface area contributed by atoms with Gasteiger partial charge in [-0.15, -0.1) is 0 Å². The lowest BCUT2D eigenvalue weighted by molar-refractivity contribution is -0.137. The van der Waals surface area contributed by atoms with E-state index in [1.54, 1.807) is 0 Å². The van der Waals surface area contributed by atoms with Crippen molar-refractivity contribution >= 4 is 11.6 Å². The van der Waals surface area contributed by atoms with E-state index < -0.39 is 17.5 Å². The van der Waals surface area contributed by atoms with Crippen molar-refractivity contribution in [3.8, 4) is 0 Å². The van der Waals surface area contributed by atoms with Crippen LogP contribution in [-0.4, -0.2) is 25.2 Å². The Morgan fingerprint density at radius 1 is 1.32 bits per heavy atom. The molecular formula is C13H15F3N2O. The van der Waals surface area contributed by atoms with Gasteiger partial charge >= 0.3 is 6.18 Å². The number of aliphatic imine (C=N–C) groups is 1. The summed E-state index contributed by atoms with van der Waals surface area (Å²) in [6, 6.07) is 4.70. The third-order valence-electron chi connectivity index (χ3n) is 2.46. The molecule has 0 aromatic heterocycles. The van der Waals surface area contributed by atoms with Crippen molar-refractivity contribution in [2.75, 3.05) is 13.6 Å². The molecule has 1 N–H and O–H groups in total. The molecule has 0 atom stereocenters. The summed E-state index contributed by atoms with van der Waals surface area (Å²) in [4.78, 5) is 15.8. The number of hydrogen-bond acceptors (Lipinski definition) is 2. The van der Waals surface area contributed by atoms with E-state index in [-0.39, 0.29) is 11.4 Å². The number of carbonyl (C=O) groups excluding carboxylic acids is 1. The first-order valence-corrected chi connectivity index (χ1v) is 5.83. The standard InChI is InChI=1S/C13H15F3N2O/c1-3-8-18-12(17-2)11(19)9-6-4-5-7-10(9)13(14,15)16/h4-7H,3,8H2,1-2H3,(H,17,18). The number of ketones is 1. The number of benzene rings is 1. The van der Waals surface area contributed by atoms with Crippen LogP contribution in [0.25, 0.3) is 0 Å². The van der Waals surface area contributed by atoms with Crippen LogP contribution in [0.2, 0.25) is 0 Å². The van der Waals surface area contributed by atoms with Crippen LogP contribution >= 0.6 is 0 Å². The highest BCUT2D eigenvalue weighted by Gasteiger charge is 2.35. The zero-order valence-electron chi connectivity index (χ0n) is 10.7. The summed E-state index contributed by atoms with van der Waals surface area (Å²) in [5.74, 6) is -0.803. The monoisotopic (exact) mass is 272 g/mol. The lowest BCUT2D eigenvalue weighted by Gasteiger charge is -2.13. The topological polar surface area (TPSA) is 41.5 Å². The highest BCUT2D eigenvalue weighted by atomic mass is 19.4. The van der Waals surface area contributed by atoms with Crippen LogP contribution in [0.3, 0.4) is 0 Å². The molecule has 0 bridgehead atoms. The Morgan fingerprint density at radius 2 is 1.95 bits per heavy atom. The van der Waals surface area contributed by atoms with E-state index in [9.17, 15) is 18.0 Å². The van der Waals surface area contributed by atoms with Gasteiger partial charge in [-0.3, -0.25) is 9.79 Å². The van der Waals surface area contributed by atoms with Gasteiger partial charge in [-0.05, 0) is 12.5 Å². The summed E-state index contributed by atoms with van der Waals surface area (Å²) in [7, 11) is 1.37. The van der Waals surface area contributed by atoms with Gasteiger partial charge in [0, 0.05) is 19.2 Å². The van der Waals surface area contributed by atoms with E-state index in [1.807, 2.05) is 6.92 Å². The molecule has 0 saturated carbocycles. The van der Waals surface area contributed by atoms with Crippen LogP contribution in [-0.2, 0) is 6.18 Å². The van der Waals surface area contributed by atoms with Gasteiger partial charge in [0.1, 0.15) is 0 Å². The maximum Gasteiger partial charge on any atom is 0.417 e. The minimum absolute atomic E-state index is 0.0569. The molecule has 0 aliphatic heterocycles. The second-order valence-electron chi connectivity index (χ2n) is 3.87. The van der Waals surface area contributed by atoms with Gasteiger partial charge in [0.15, 0.2) is 5.84 Å². The minimum Gasteiger partial charge on any atom is -0.367 e. The fourth-order valence-electron chi connectivity index (χ4n) is 1.56. The average Bonchev–Trinajstić information content (AvgIpc) is 2.38. The molecule has 0 aliphatic rings. The number of Topliss-reactive ketones (excluding diaryl/α,β-unsaturated/α-hetero) is 1. The summed E-state index contributed by atoms with van der Waals surface area (Å²) in [5, 5.41) is 2.73. The molecule has 1 aromatic rings. The van der Waals surface area contributed by atoms with Crippen LogP contribution < -0.4 is 5.32 Å². The van der Waals surface area contributed by atoms with Gasteiger partial charge < -0.3 is 5.32 Å². The van der Waals surface area contributed by atoms with E-state index in [4.69, 9.17) is 0 Å². The fourth-order valence-corrected chi connectivity index (χ4v) is 1.56. The van der Waals surface area contributed by atoms with Crippen molar-refractivity contribution in [2.45, 2.75) is 19.5 Å². The number of halogens is 3. The molecule has 19 heavy (non-hydrogen) atoms. The smallest absolute Gasteiger partial charge is 0.367 e. The summed E-state index contributed by atoms with van der Waals surface area (Å²) in [6.07, 6.45) is -3.82. The van der Waals surface area contributed by atoms with E-state index in [0.717, 1.165) is 18.6 Å². The van der Waals surface area contributed by atoms with Crippen molar-refractivity contribution in [1.82, 2.24) is 5.32 Å². The molecule has 1 aromatic carbocycles. The molecule has 1 rings (SSSR count). The first kappa shape index (κ1) is 15.2. The second-order valence-corrected chi connectivity index (χ2v) is 3.87. The van der Waals surface area contributed by atoms with E-state index >= 15 is 0 Å². The van der Waals surface area contributed by atoms with E-state index in [2.05, 4.69) is 10.3 Å². The molecule has 3 nitrogen and oxygen atoms in total. The molecular weight excluding hydrogens is 257 g/mol. The molecule has 0 aliphatic carbocycles. The second kappa shape index (κ2) is 6.36. The Morgan fingerprint density at radius 3 is 2.47 bits per heavy atom. The Balaban J connectivity index is 3.13. The van der Waals surface area contributed by atoms with Gasteiger partial charge in [-0.25, -0.2) is 0 Å². The van der Waals surface area contributed by atoms with Gasteiger partial charge in [0.25, 0.3) is 0 Å². The third kappa shape index (κ3) is 3.81. The molecule has 0 saturated heterocycles. The number of amidine groups is 1. The van der Waals surface area contributed by atoms with Gasteiger partial charge in [-0.2, -0.15) is 13.2 Å². The molecule has 0 spiro atoms. The Kier molecular flexibility index (Phi) is 5.09. The van der Waals surface area contributed by atoms with Gasteiger partial charge in [0.05, 0.1) is 5.56 Å². The number of nitrogens with zero attached hydrogens (tertiary/aromatic N) is 1. The van der Waals surface area contributed by atoms with E-state index in [1.165, 1.54) is 19.2 Å². The first-order chi connectivity index (χ1) is 8.91. The number of hydrogen-bond donors (Lipinski definition) is 1. The zero-order chi connectivity index (χ0) is 14.5. The van der Waals surface area contributed by atoms with Crippen LogP contribution in [0.15, 0.2) is 29.3 Å². The molecule has 0 unspecified atom stereocenters. The van der Waals surface area contributed by atoms with Crippen LogP contribution in [0.4, 0.5) is 13.2 Å². The summed E-state index contributed by atoms with van der Waals surface area (Å²) in [5.41, 5.74) is -1.33. The maximum absolute atomic E-state index is 12.8. The number of rotatable bonds is 4. The number of nitrogens with one attached hydrogen (secondary N) is 1. The minimum atomic E-state index is -4.56. The zero-order valence-corrected chi connectivity index (χ0v) is 10.7. The summed E-state index contributed by atoms with van der Waals surface area (Å²) >= 11 is 0. The molecule has 6 heteroatoms. The third-order valence-corrected chi connectivity index (χ3v) is 2.46. The lowest BCUT2D eigenvalue weighted by Crippen LogP contribution is -2.33. The van der Waals surface area contributed by atoms with Gasteiger partial charge in [-0.1, -0.05) is 25.1 Å². The molecule has 104 valence electrons. The Hall–Kier alpha value is -1.85. The highest BCUT2D eigenvalue weighted by molar-refractivity contribution is 6.45. The van der Waals surface area contributed by atoms with Crippen molar-refractivity contribution in [2.24, 2.45) is 4.99 Å². The summed E-state index contributed by atoms with van der Waals surface area (Å²) in [6.45, 7) is 2.36. The first-order valence-electron chi connectivity index (χ1n) is 5.83. The number of carbonyl (C=O) groups is 1. The SMILES string of the molecule is CCCNC(=NC)C(=O)c1ccccc1C(F)(F)F. The lowest BCUT2D eigenvalue weighted by atomic mass is 10.0. The number of alkyl halides is 3. The quantitative estimate of drug-likeness (QED) is 0.520. The predicted octanol–water partition coefficient (Wildman–Crippen LogP) is 2.92. The van der Waals surface area contributed by atoms with Crippen molar-refractivity contribution in [3.05, 3.63) is 35.4 Å². The highest BCUT2D eigenvalue weighted by Crippen LogP contribution is 2.32. The maximum atomic E-state index is 12.8. The van der Waals surface area contributed by atoms with Crippen molar-refractivity contribution in [3.63, 3.8) is 0 Å². The van der Waals surface area contributed by atoms with Crippen LogP contribution in [0.5, 0.6) is 0 Å². The molecule has 0 fully saturated rings. The molecule has 0 heterocycles. The molecule has 0 amide bonds. The summed E-state index contributed by atoms with van der Waals surface area (Å²) < 4.78 is 38.4. The normalized spacial score (nSPS) is 12.4. The Bertz CT molecular complexity index is 481. The largest absolute Gasteiger partial charge is 0.417 e. The van der Waals surface area contributed by atoms with E-state index in [0.29, 0.717) is 6.54 Å². The predicted molar refractivity (Wildman–Crippen MR) is 67.4 cm³/mol. The van der Waals surface area contributed by atoms with Crippen molar-refractivity contribution in [1.29, 1.82) is 0 Å². The van der Waals surface area contributed by atoms with Crippen molar-refractivity contribution < 1.29 is 18.0 Å². The van der Waals surface area contributed by atoms with Crippen LogP contribution in [0.1, 0.15) is 29.3 Å². The van der Waals surface area contributed by atoms with Gasteiger partial charge in [0.2, 0.25) is 5.78 Å². The average molecular weight is 272 g/mol. The fraction of sp³-hybridized carbons (Fsp3) is 0.385.